The van der Waals surface area contributed by atoms with Crippen LogP contribution in [-0.4, -0.2) is 0 Å². The number of nitriles is 1. The molecule has 70 valence electrons. The van der Waals surface area contributed by atoms with Crippen molar-refractivity contribution in [3.05, 3.63) is 54.6 Å². The van der Waals surface area contributed by atoms with Crippen molar-refractivity contribution in [3.63, 3.8) is 0 Å². The standard InChI is InChI=1S/C13H13N/c1-2-6-13(11-14)10-9-12-7-4-3-5-8-12/h2-5,7-10,13H,1,6H2/b10-9+/t13-/m1/s1. The summed E-state index contributed by atoms with van der Waals surface area (Å²) in [5.41, 5.74) is 1.12. The Morgan fingerprint density at radius 1 is 1.36 bits per heavy atom. The molecule has 0 aromatic heterocycles. The summed E-state index contributed by atoms with van der Waals surface area (Å²) in [6.07, 6.45) is 6.36. The van der Waals surface area contributed by atoms with Crippen molar-refractivity contribution in [2.24, 2.45) is 5.92 Å². The summed E-state index contributed by atoms with van der Waals surface area (Å²) in [6, 6.07) is 12.2. The smallest absolute Gasteiger partial charge is 0.0700 e. The molecule has 1 aromatic rings. The van der Waals surface area contributed by atoms with E-state index in [-0.39, 0.29) is 5.92 Å². The summed E-state index contributed by atoms with van der Waals surface area (Å²) < 4.78 is 0. The lowest BCUT2D eigenvalue weighted by Gasteiger charge is -1.97. The molecule has 0 unspecified atom stereocenters. The van der Waals surface area contributed by atoms with Crippen LogP contribution in [0.4, 0.5) is 0 Å². The second-order valence-electron chi connectivity index (χ2n) is 3.03. The van der Waals surface area contributed by atoms with Crippen LogP contribution in [0.5, 0.6) is 0 Å². The Bertz CT molecular complexity index is 343. The molecule has 0 amide bonds. The maximum atomic E-state index is 8.79. The van der Waals surface area contributed by atoms with Gasteiger partial charge in [-0.1, -0.05) is 48.6 Å². The van der Waals surface area contributed by atoms with Gasteiger partial charge in [0, 0.05) is 0 Å². The molecular weight excluding hydrogens is 170 g/mol. The number of rotatable bonds is 4. The third-order valence-corrected chi connectivity index (χ3v) is 1.91. The Labute approximate surface area is 85.0 Å². The summed E-state index contributed by atoms with van der Waals surface area (Å²) >= 11 is 0. The number of benzene rings is 1. The van der Waals surface area contributed by atoms with Crippen LogP contribution in [0.15, 0.2) is 49.1 Å². The third kappa shape index (κ3) is 3.28. The lowest BCUT2D eigenvalue weighted by atomic mass is 10.1. The molecule has 0 heterocycles. The fourth-order valence-electron chi connectivity index (χ4n) is 1.15. The molecule has 1 heteroatoms. The summed E-state index contributed by atoms with van der Waals surface area (Å²) in [6.45, 7) is 3.62. The minimum Gasteiger partial charge on any atom is -0.198 e. The van der Waals surface area contributed by atoms with E-state index in [1.54, 1.807) is 6.08 Å². The minimum atomic E-state index is -0.0623. The van der Waals surface area contributed by atoms with Crippen LogP contribution in [0, 0.1) is 17.2 Å². The highest BCUT2D eigenvalue weighted by molar-refractivity contribution is 5.49. The highest BCUT2D eigenvalue weighted by Gasteiger charge is 1.97. The van der Waals surface area contributed by atoms with E-state index in [0.717, 1.165) is 5.56 Å². The molecular formula is C13H13N. The van der Waals surface area contributed by atoms with Crippen LogP contribution in [0.1, 0.15) is 12.0 Å². The first kappa shape index (κ1) is 10.3. The van der Waals surface area contributed by atoms with E-state index in [1.165, 1.54) is 0 Å². The van der Waals surface area contributed by atoms with E-state index in [0.29, 0.717) is 6.42 Å². The fraction of sp³-hybridized carbons (Fsp3) is 0.154. The van der Waals surface area contributed by atoms with Gasteiger partial charge in [-0.2, -0.15) is 5.26 Å². The van der Waals surface area contributed by atoms with Gasteiger partial charge in [0.05, 0.1) is 12.0 Å². The first-order valence-corrected chi connectivity index (χ1v) is 4.60. The van der Waals surface area contributed by atoms with Crippen molar-refractivity contribution >= 4 is 6.08 Å². The van der Waals surface area contributed by atoms with Gasteiger partial charge in [-0.15, -0.1) is 6.58 Å². The number of nitrogens with zero attached hydrogens (tertiary/aromatic N) is 1. The lowest BCUT2D eigenvalue weighted by Crippen LogP contribution is -1.88. The molecule has 0 aliphatic carbocycles. The maximum Gasteiger partial charge on any atom is 0.0700 e. The summed E-state index contributed by atoms with van der Waals surface area (Å²) in [5, 5.41) is 8.79. The van der Waals surface area contributed by atoms with Crippen molar-refractivity contribution in [2.75, 3.05) is 0 Å². The third-order valence-electron chi connectivity index (χ3n) is 1.91. The highest BCUT2D eigenvalue weighted by Crippen LogP contribution is 2.08. The SMILES string of the molecule is C=CC[C@@H](C#N)/C=C/c1ccccc1. The molecule has 1 nitrogen and oxygen atoms in total. The zero-order valence-corrected chi connectivity index (χ0v) is 8.06. The van der Waals surface area contributed by atoms with Crippen LogP contribution in [0.2, 0.25) is 0 Å². The average Bonchev–Trinajstić information content (AvgIpc) is 2.25. The minimum absolute atomic E-state index is 0.0623. The van der Waals surface area contributed by atoms with E-state index >= 15 is 0 Å². The molecule has 0 saturated heterocycles. The first-order chi connectivity index (χ1) is 6.86. The monoisotopic (exact) mass is 183 g/mol. The lowest BCUT2D eigenvalue weighted by molar-refractivity contribution is 0.853. The van der Waals surface area contributed by atoms with Gasteiger partial charge in [0.2, 0.25) is 0 Å². The molecule has 14 heavy (non-hydrogen) atoms. The molecule has 0 bridgehead atoms. The Morgan fingerprint density at radius 3 is 2.64 bits per heavy atom. The molecule has 0 fully saturated rings. The van der Waals surface area contributed by atoms with Crippen molar-refractivity contribution in [3.8, 4) is 6.07 Å². The molecule has 0 N–H and O–H groups in total. The molecule has 1 atom stereocenters. The van der Waals surface area contributed by atoms with Gasteiger partial charge in [0.15, 0.2) is 0 Å². The average molecular weight is 183 g/mol. The second kappa shape index (κ2) is 5.77. The summed E-state index contributed by atoms with van der Waals surface area (Å²) in [5.74, 6) is -0.0623. The highest BCUT2D eigenvalue weighted by atomic mass is 14.3. The van der Waals surface area contributed by atoms with Crippen LogP contribution in [0.3, 0.4) is 0 Å². The van der Waals surface area contributed by atoms with E-state index in [9.17, 15) is 0 Å². The van der Waals surface area contributed by atoms with Crippen molar-refractivity contribution in [1.29, 1.82) is 5.26 Å². The van der Waals surface area contributed by atoms with Gasteiger partial charge in [-0.3, -0.25) is 0 Å². The zero-order chi connectivity index (χ0) is 10.2. The number of hydrogen-bond donors (Lipinski definition) is 0. The van der Waals surface area contributed by atoms with Gasteiger partial charge in [-0.05, 0) is 12.0 Å². The predicted molar refractivity (Wildman–Crippen MR) is 59.4 cm³/mol. The second-order valence-corrected chi connectivity index (χ2v) is 3.03. The van der Waals surface area contributed by atoms with Crippen LogP contribution in [-0.2, 0) is 0 Å². The Morgan fingerprint density at radius 2 is 2.07 bits per heavy atom. The first-order valence-electron chi connectivity index (χ1n) is 4.60. The summed E-state index contributed by atoms with van der Waals surface area (Å²) in [4.78, 5) is 0. The molecule has 0 spiro atoms. The summed E-state index contributed by atoms with van der Waals surface area (Å²) in [7, 11) is 0. The topological polar surface area (TPSA) is 23.8 Å². The van der Waals surface area contributed by atoms with Crippen molar-refractivity contribution in [1.82, 2.24) is 0 Å². The Kier molecular flexibility index (Phi) is 4.23. The molecule has 0 radical (unpaired) electrons. The molecule has 0 aliphatic heterocycles. The Hall–Kier alpha value is -1.81. The van der Waals surface area contributed by atoms with Crippen molar-refractivity contribution < 1.29 is 0 Å². The normalized spacial score (nSPS) is 12.2. The quantitative estimate of drug-likeness (QED) is 0.656. The van der Waals surface area contributed by atoms with Crippen LogP contribution in [0.25, 0.3) is 6.08 Å². The van der Waals surface area contributed by atoms with Gasteiger partial charge in [0.25, 0.3) is 0 Å². The largest absolute Gasteiger partial charge is 0.198 e. The maximum absolute atomic E-state index is 8.79. The number of allylic oxidation sites excluding steroid dienone is 2. The van der Waals surface area contributed by atoms with Gasteiger partial charge >= 0.3 is 0 Å². The van der Waals surface area contributed by atoms with Crippen molar-refractivity contribution in [2.45, 2.75) is 6.42 Å². The van der Waals surface area contributed by atoms with E-state index < -0.39 is 0 Å². The van der Waals surface area contributed by atoms with E-state index in [2.05, 4.69) is 12.6 Å². The molecule has 0 aliphatic rings. The van der Waals surface area contributed by atoms with Gasteiger partial charge < -0.3 is 0 Å². The fourth-order valence-corrected chi connectivity index (χ4v) is 1.15. The zero-order valence-electron chi connectivity index (χ0n) is 8.06. The van der Waals surface area contributed by atoms with Gasteiger partial charge in [-0.25, -0.2) is 0 Å². The Balaban J connectivity index is 2.63. The predicted octanol–water partition coefficient (Wildman–Crippen LogP) is 3.42. The van der Waals surface area contributed by atoms with E-state index in [1.807, 2.05) is 42.5 Å². The van der Waals surface area contributed by atoms with E-state index in [4.69, 9.17) is 5.26 Å². The van der Waals surface area contributed by atoms with Crippen LogP contribution >= 0.6 is 0 Å². The molecule has 1 aromatic carbocycles. The van der Waals surface area contributed by atoms with Gasteiger partial charge in [0.1, 0.15) is 0 Å². The molecule has 1 rings (SSSR count). The van der Waals surface area contributed by atoms with Crippen LogP contribution < -0.4 is 0 Å². The number of hydrogen-bond acceptors (Lipinski definition) is 1. The molecule has 0 saturated carbocycles.